The molecule has 0 aromatic heterocycles. The minimum absolute atomic E-state index is 0.0754. The lowest BCUT2D eigenvalue weighted by Gasteiger charge is -2.10. The highest BCUT2D eigenvalue weighted by molar-refractivity contribution is 9.10. The monoisotopic (exact) mass is 376 g/mol. The van der Waals surface area contributed by atoms with Crippen molar-refractivity contribution in [3.63, 3.8) is 0 Å². The van der Waals surface area contributed by atoms with Crippen LogP contribution >= 0.6 is 15.9 Å². The molecule has 0 atom stereocenters. The molecule has 120 valence electrons. The van der Waals surface area contributed by atoms with Crippen LogP contribution in [0.1, 0.15) is 13.8 Å². The summed E-state index contributed by atoms with van der Waals surface area (Å²) < 4.78 is 6.33. The molecule has 6 heteroatoms. The number of nitrogens with one attached hydrogen (secondary N) is 2. The number of hydrogen-bond donors (Lipinski definition) is 2. The first-order chi connectivity index (χ1) is 10.9. The van der Waals surface area contributed by atoms with Crippen molar-refractivity contribution in [3.8, 4) is 5.75 Å². The minimum Gasteiger partial charge on any atom is -0.491 e. The molecule has 2 amide bonds. The average Bonchev–Trinajstić information content (AvgIpc) is 2.48. The molecule has 0 saturated carbocycles. The number of ether oxygens (including phenoxy) is 1. The Morgan fingerprint density at radius 2 is 1.57 bits per heavy atom. The molecule has 0 radical (unpaired) electrons. The summed E-state index contributed by atoms with van der Waals surface area (Å²) in [5, 5.41) is 5.07. The molecular formula is C17H17BrN2O3. The third kappa shape index (κ3) is 5.41. The Morgan fingerprint density at radius 3 is 2.13 bits per heavy atom. The van der Waals surface area contributed by atoms with Crippen molar-refractivity contribution >= 4 is 39.1 Å². The van der Waals surface area contributed by atoms with Gasteiger partial charge in [0.25, 0.3) is 0 Å². The van der Waals surface area contributed by atoms with Crippen LogP contribution in [0.2, 0.25) is 0 Å². The number of carbonyl (C=O) groups is 2. The van der Waals surface area contributed by atoms with Crippen LogP contribution in [0.25, 0.3) is 0 Å². The summed E-state index contributed by atoms with van der Waals surface area (Å²) in [7, 11) is 0. The third-order valence-electron chi connectivity index (χ3n) is 2.77. The second kappa shape index (κ2) is 7.78. The van der Waals surface area contributed by atoms with E-state index in [0.29, 0.717) is 17.1 Å². The van der Waals surface area contributed by atoms with Crippen LogP contribution in [0.4, 0.5) is 11.4 Å². The Balaban J connectivity index is 1.94. The highest BCUT2D eigenvalue weighted by atomic mass is 79.9. The highest BCUT2D eigenvalue weighted by Gasteiger charge is 2.14. The van der Waals surface area contributed by atoms with Gasteiger partial charge >= 0.3 is 11.8 Å². The van der Waals surface area contributed by atoms with E-state index in [4.69, 9.17) is 4.74 Å². The molecule has 0 aliphatic heterocycles. The zero-order chi connectivity index (χ0) is 16.8. The number of halogens is 1. The second-order valence-corrected chi connectivity index (χ2v) is 6.03. The SMILES string of the molecule is CC(C)Oc1ccc(NC(=O)C(=O)Nc2cccc(Br)c2)cc1. The standard InChI is InChI=1S/C17H17BrN2O3/c1-11(2)23-15-8-6-13(7-9-15)19-16(21)17(22)20-14-5-3-4-12(18)10-14/h3-11H,1-2H3,(H,19,21)(H,20,22). The third-order valence-corrected chi connectivity index (χ3v) is 3.27. The lowest BCUT2D eigenvalue weighted by Crippen LogP contribution is -2.29. The molecule has 5 nitrogen and oxygen atoms in total. The maximum absolute atomic E-state index is 11.9. The van der Waals surface area contributed by atoms with Crippen LogP contribution in [-0.2, 0) is 9.59 Å². The van der Waals surface area contributed by atoms with E-state index in [9.17, 15) is 9.59 Å². The molecule has 23 heavy (non-hydrogen) atoms. The molecule has 2 aromatic carbocycles. The Kier molecular flexibility index (Phi) is 5.76. The summed E-state index contributed by atoms with van der Waals surface area (Å²) in [6.45, 7) is 3.86. The van der Waals surface area contributed by atoms with E-state index in [1.807, 2.05) is 19.9 Å². The van der Waals surface area contributed by atoms with Gasteiger partial charge in [-0.1, -0.05) is 22.0 Å². The van der Waals surface area contributed by atoms with Gasteiger partial charge in [0.15, 0.2) is 0 Å². The van der Waals surface area contributed by atoms with Gasteiger partial charge in [-0.05, 0) is 56.3 Å². The molecule has 2 aromatic rings. The van der Waals surface area contributed by atoms with Gasteiger partial charge in [-0.25, -0.2) is 0 Å². The smallest absolute Gasteiger partial charge is 0.314 e. The van der Waals surface area contributed by atoms with E-state index in [1.165, 1.54) is 0 Å². The largest absolute Gasteiger partial charge is 0.491 e. The first-order valence-electron chi connectivity index (χ1n) is 7.08. The fourth-order valence-corrected chi connectivity index (χ4v) is 2.23. The van der Waals surface area contributed by atoms with E-state index in [1.54, 1.807) is 42.5 Å². The summed E-state index contributed by atoms with van der Waals surface area (Å²) in [5.41, 5.74) is 1.07. The van der Waals surface area contributed by atoms with E-state index in [2.05, 4.69) is 26.6 Å². The fraction of sp³-hybridized carbons (Fsp3) is 0.176. The normalized spacial score (nSPS) is 10.3. The number of amides is 2. The van der Waals surface area contributed by atoms with Crippen LogP contribution in [0.3, 0.4) is 0 Å². The topological polar surface area (TPSA) is 67.4 Å². The van der Waals surface area contributed by atoms with Crippen molar-refractivity contribution in [2.24, 2.45) is 0 Å². The van der Waals surface area contributed by atoms with Crippen LogP contribution in [-0.4, -0.2) is 17.9 Å². The maximum atomic E-state index is 11.9. The predicted molar refractivity (Wildman–Crippen MR) is 93.6 cm³/mol. The van der Waals surface area contributed by atoms with Crippen LogP contribution in [0.15, 0.2) is 53.0 Å². The van der Waals surface area contributed by atoms with Gasteiger partial charge in [-0.2, -0.15) is 0 Å². The number of rotatable bonds is 4. The molecule has 0 aliphatic rings. The minimum atomic E-state index is -0.734. The Morgan fingerprint density at radius 1 is 0.957 bits per heavy atom. The molecule has 0 aliphatic carbocycles. The summed E-state index contributed by atoms with van der Waals surface area (Å²) in [4.78, 5) is 23.8. The van der Waals surface area contributed by atoms with Gasteiger partial charge in [0.05, 0.1) is 6.10 Å². The lowest BCUT2D eigenvalue weighted by atomic mass is 10.3. The van der Waals surface area contributed by atoms with Gasteiger partial charge in [0, 0.05) is 15.8 Å². The summed E-state index contributed by atoms with van der Waals surface area (Å²) in [5.74, 6) is -0.760. The second-order valence-electron chi connectivity index (χ2n) is 5.11. The molecule has 0 heterocycles. The quantitative estimate of drug-likeness (QED) is 0.797. The molecular weight excluding hydrogens is 360 g/mol. The van der Waals surface area contributed by atoms with Crippen molar-refractivity contribution in [3.05, 3.63) is 53.0 Å². The van der Waals surface area contributed by atoms with Crippen molar-refractivity contribution in [2.75, 3.05) is 10.6 Å². The molecule has 2 rings (SSSR count). The molecule has 0 saturated heterocycles. The highest BCUT2D eigenvalue weighted by Crippen LogP contribution is 2.18. The van der Waals surface area contributed by atoms with Crippen molar-refractivity contribution in [1.29, 1.82) is 0 Å². The summed E-state index contributed by atoms with van der Waals surface area (Å²) in [6.07, 6.45) is 0.0754. The maximum Gasteiger partial charge on any atom is 0.314 e. The Hall–Kier alpha value is -2.34. The number of benzene rings is 2. The summed E-state index contributed by atoms with van der Waals surface area (Å²) in [6, 6.07) is 13.9. The van der Waals surface area contributed by atoms with Gasteiger partial charge < -0.3 is 15.4 Å². The fourth-order valence-electron chi connectivity index (χ4n) is 1.83. The number of hydrogen-bond acceptors (Lipinski definition) is 3. The molecule has 0 spiro atoms. The van der Waals surface area contributed by atoms with E-state index < -0.39 is 11.8 Å². The lowest BCUT2D eigenvalue weighted by molar-refractivity contribution is -0.132. The van der Waals surface area contributed by atoms with Gasteiger partial charge in [-0.15, -0.1) is 0 Å². The van der Waals surface area contributed by atoms with Crippen molar-refractivity contribution in [2.45, 2.75) is 20.0 Å². The zero-order valence-corrected chi connectivity index (χ0v) is 14.4. The van der Waals surface area contributed by atoms with E-state index in [0.717, 1.165) is 4.47 Å². The number of anilines is 2. The van der Waals surface area contributed by atoms with Gasteiger partial charge in [0.2, 0.25) is 0 Å². The van der Waals surface area contributed by atoms with Crippen LogP contribution < -0.4 is 15.4 Å². The summed E-state index contributed by atoms with van der Waals surface area (Å²) >= 11 is 3.30. The van der Waals surface area contributed by atoms with Gasteiger partial charge in [-0.3, -0.25) is 9.59 Å². The predicted octanol–water partition coefficient (Wildman–Crippen LogP) is 3.81. The van der Waals surface area contributed by atoms with Crippen molar-refractivity contribution < 1.29 is 14.3 Å². The van der Waals surface area contributed by atoms with Crippen LogP contribution in [0.5, 0.6) is 5.75 Å². The van der Waals surface area contributed by atoms with E-state index in [-0.39, 0.29) is 6.10 Å². The molecule has 2 N–H and O–H groups in total. The Labute approximate surface area is 143 Å². The number of carbonyl (C=O) groups excluding carboxylic acids is 2. The molecule has 0 fully saturated rings. The van der Waals surface area contributed by atoms with Gasteiger partial charge in [0.1, 0.15) is 5.75 Å². The van der Waals surface area contributed by atoms with Crippen LogP contribution in [0, 0.1) is 0 Å². The van der Waals surface area contributed by atoms with Crippen molar-refractivity contribution in [1.82, 2.24) is 0 Å². The zero-order valence-electron chi connectivity index (χ0n) is 12.8. The Bertz CT molecular complexity index is 699. The molecule has 0 bridgehead atoms. The molecule has 0 unspecified atom stereocenters. The first-order valence-corrected chi connectivity index (χ1v) is 7.88. The van der Waals surface area contributed by atoms with E-state index >= 15 is 0 Å². The average molecular weight is 377 g/mol. The first kappa shape index (κ1) is 17.0.